The molecular weight excluding hydrogens is 318 g/mol. The number of likely N-dealkylation sites (tertiary alicyclic amines) is 1. The predicted octanol–water partition coefficient (Wildman–Crippen LogP) is 1.29. The number of piperidine rings is 1. The van der Waals surface area contributed by atoms with Crippen molar-refractivity contribution in [2.75, 3.05) is 26.3 Å². The Morgan fingerprint density at radius 2 is 1.91 bits per heavy atom. The zero-order valence-corrected chi connectivity index (χ0v) is 14.0. The van der Waals surface area contributed by atoms with Crippen molar-refractivity contribution < 1.29 is 14.3 Å². The van der Waals surface area contributed by atoms with E-state index in [0.29, 0.717) is 49.1 Å². The summed E-state index contributed by atoms with van der Waals surface area (Å²) in [5, 5.41) is 13.1. The Balaban J connectivity index is 1.51. The van der Waals surface area contributed by atoms with Gasteiger partial charge in [-0.05, 0) is 0 Å². The molecule has 23 heavy (non-hydrogen) atoms. The number of hydrogen-bond donors (Lipinski definition) is 0. The van der Waals surface area contributed by atoms with E-state index in [9.17, 15) is 4.79 Å². The second kappa shape index (κ2) is 5.50. The Hall–Kier alpha value is -1.58. The van der Waals surface area contributed by atoms with Crippen LogP contribution >= 0.6 is 11.3 Å². The van der Waals surface area contributed by atoms with Crippen LogP contribution in [0, 0.1) is 0 Å². The number of carbonyl (C=O) groups excluding carboxylic acids is 1. The Kier molecular flexibility index (Phi) is 3.58. The molecule has 0 bridgehead atoms. The third kappa shape index (κ3) is 2.52. The fourth-order valence-corrected chi connectivity index (χ4v) is 3.86. The van der Waals surface area contributed by atoms with Gasteiger partial charge < -0.3 is 14.4 Å². The van der Waals surface area contributed by atoms with E-state index in [0.717, 1.165) is 5.82 Å². The molecule has 2 aromatic rings. The van der Waals surface area contributed by atoms with Gasteiger partial charge in [0.1, 0.15) is 0 Å². The minimum Gasteiger partial charge on any atom is -0.347 e. The normalized spacial score (nSPS) is 20.9. The lowest BCUT2D eigenvalue weighted by Crippen LogP contribution is -2.47. The second-order valence-corrected chi connectivity index (χ2v) is 7.17. The third-order valence-corrected chi connectivity index (χ3v) is 5.23. The van der Waals surface area contributed by atoms with Gasteiger partial charge in [-0.15, -0.1) is 15.3 Å². The van der Waals surface area contributed by atoms with Crippen LogP contribution in [0.3, 0.4) is 0 Å². The van der Waals surface area contributed by atoms with Crippen LogP contribution in [-0.4, -0.2) is 62.7 Å². The van der Waals surface area contributed by atoms with E-state index in [1.807, 2.05) is 18.7 Å². The van der Waals surface area contributed by atoms with Crippen molar-refractivity contribution in [2.24, 2.45) is 0 Å². The number of carbonyl (C=O) groups is 1. The zero-order valence-electron chi connectivity index (χ0n) is 13.2. The number of nitrogens with zero attached hydrogens (tertiary/aromatic N) is 5. The van der Waals surface area contributed by atoms with Crippen LogP contribution in [0.2, 0.25) is 0 Å². The van der Waals surface area contributed by atoms with E-state index < -0.39 is 5.79 Å². The molecule has 2 aliphatic heterocycles. The summed E-state index contributed by atoms with van der Waals surface area (Å²) in [6.45, 7) is 6.59. The molecule has 0 aromatic carbocycles. The van der Waals surface area contributed by atoms with Gasteiger partial charge in [-0.25, -0.2) is 0 Å². The summed E-state index contributed by atoms with van der Waals surface area (Å²) in [5.74, 6) is 0.466. The topological polar surface area (TPSA) is 81.9 Å². The van der Waals surface area contributed by atoms with E-state index in [2.05, 4.69) is 15.3 Å². The number of aromatic nitrogens is 4. The zero-order chi connectivity index (χ0) is 16.0. The maximum atomic E-state index is 12.7. The molecule has 0 N–H and O–H groups in total. The lowest BCUT2D eigenvalue weighted by atomic mass is 10.0. The molecule has 8 nitrogen and oxygen atoms in total. The first-order valence-electron chi connectivity index (χ1n) is 7.87. The van der Waals surface area contributed by atoms with Crippen molar-refractivity contribution in [2.45, 2.75) is 38.4 Å². The highest BCUT2D eigenvalue weighted by atomic mass is 32.1. The average molecular weight is 337 g/mol. The van der Waals surface area contributed by atoms with E-state index in [1.54, 1.807) is 4.52 Å². The largest absolute Gasteiger partial charge is 0.347 e. The third-order valence-electron chi connectivity index (χ3n) is 4.34. The first-order valence-corrected chi connectivity index (χ1v) is 8.69. The molecule has 9 heteroatoms. The van der Waals surface area contributed by atoms with Crippen molar-refractivity contribution in [3.8, 4) is 0 Å². The van der Waals surface area contributed by atoms with Crippen LogP contribution < -0.4 is 0 Å². The number of fused-ring (bicyclic) bond motifs is 1. The van der Waals surface area contributed by atoms with Gasteiger partial charge in [-0.1, -0.05) is 25.2 Å². The second-order valence-electron chi connectivity index (χ2n) is 6.21. The molecule has 4 heterocycles. The van der Waals surface area contributed by atoms with E-state index in [-0.39, 0.29) is 11.8 Å². The Bertz CT molecular complexity index is 724. The first-order chi connectivity index (χ1) is 11.1. The molecule has 0 aliphatic carbocycles. The molecule has 0 atom stereocenters. The highest BCUT2D eigenvalue weighted by Gasteiger charge is 2.41. The van der Waals surface area contributed by atoms with Gasteiger partial charge in [0.2, 0.25) is 9.97 Å². The minimum atomic E-state index is -0.469. The standard InChI is InChI=1S/C14H19N5O3S/c1-9(2)10-15-16-13-19(10)17-11(23-13)12(20)18-5-3-14(4-6-18)21-7-8-22-14/h9H,3-8H2,1-2H3. The van der Waals surface area contributed by atoms with Crippen LogP contribution in [-0.2, 0) is 9.47 Å². The van der Waals surface area contributed by atoms with E-state index >= 15 is 0 Å². The summed E-state index contributed by atoms with van der Waals surface area (Å²) in [7, 11) is 0. The summed E-state index contributed by atoms with van der Waals surface area (Å²) in [4.78, 5) is 15.2. The molecule has 0 saturated carbocycles. The lowest BCUT2D eigenvalue weighted by Gasteiger charge is -2.37. The smallest absolute Gasteiger partial charge is 0.284 e. The Labute approximate surface area is 137 Å². The monoisotopic (exact) mass is 337 g/mol. The van der Waals surface area contributed by atoms with Crippen molar-refractivity contribution >= 4 is 22.2 Å². The quantitative estimate of drug-likeness (QED) is 0.821. The summed E-state index contributed by atoms with van der Waals surface area (Å²) in [6, 6.07) is 0. The van der Waals surface area contributed by atoms with E-state index in [4.69, 9.17) is 9.47 Å². The molecule has 4 rings (SSSR count). The molecule has 2 aromatic heterocycles. The van der Waals surface area contributed by atoms with Crippen LogP contribution in [0.25, 0.3) is 4.96 Å². The van der Waals surface area contributed by atoms with Crippen molar-refractivity contribution in [3.63, 3.8) is 0 Å². The average Bonchev–Trinajstić information content (AvgIpc) is 3.22. The van der Waals surface area contributed by atoms with E-state index in [1.165, 1.54) is 11.3 Å². The summed E-state index contributed by atoms with van der Waals surface area (Å²) in [6.07, 6.45) is 1.42. The lowest BCUT2D eigenvalue weighted by molar-refractivity contribution is -0.181. The molecule has 0 radical (unpaired) electrons. The predicted molar refractivity (Wildman–Crippen MR) is 82.5 cm³/mol. The number of ether oxygens (including phenoxy) is 2. The Morgan fingerprint density at radius 3 is 2.57 bits per heavy atom. The van der Waals surface area contributed by atoms with Gasteiger partial charge in [0.05, 0.1) is 13.2 Å². The molecule has 124 valence electrons. The van der Waals surface area contributed by atoms with Gasteiger partial charge in [-0.2, -0.15) is 4.52 Å². The highest BCUT2D eigenvalue weighted by molar-refractivity contribution is 7.18. The maximum Gasteiger partial charge on any atom is 0.284 e. The summed E-state index contributed by atoms with van der Waals surface area (Å²) >= 11 is 1.29. The molecular formula is C14H19N5O3S. The minimum absolute atomic E-state index is 0.0527. The fraction of sp³-hybridized carbons (Fsp3) is 0.714. The van der Waals surface area contributed by atoms with Crippen molar-refractivity contribution in [1.82, 2.24) is 24.7 Å². The van der Waals surface area contributed by atoms with Crippen LogP contribution in [0.15, 0.2) is 0 Å². The number of rotatable bonds is 2. The van der Waals surface area contributed by atoms with Crippen molar-refractivity contribution in [3.05, 3.63) is 10.8 Å². The molecule has 1 spiro atoms. The van der Waals surface area contributed by atoms with Crippen molar-refractivity contribution in [1.29, 1.82) is 0 Å². The first kappa shape index (κ1) is 15.0. The van der Waals surface area contributed by atoms with Gasteiger partial charge in [0.15, 0.2) is 11.6 Å². The number of amides is 1. The SMILES string of the molecule is CC(C)c1nnc2sc(C(=O)N3CCC4(CC3)OCCO4)nn12. The highest BCUT2D eigenvalue weighted by Crippen LogP contribution is 2.32. The molecule has 2 aliphatic rings. The number of hydrogen-bond acceptors (Lipinski definition) is 7. The van der Waals surface area contributed by atoms with Crippen LogP contribution in [0.5, 0.6) is 0 Å². The maximum absolute atomic E-state index is 12.7. The molecule has 0 unspecified atom stereocenters. The van der Waals surface area contributed by atoms with Gasteiger partial charge in [-0.3, -0.25) is 4.79 Å². The van der Waals surface area contributed by atoms with Gasteiger partial charge in [0, 0.05) is 31.8 Å². The summed E-state index contributed by atoms with van der Waals surface area (Å²) in [5.41, 5.74) is 0. The van der Waals surface area contributed by atoms with Crippen LogP contribution in [0.4, 0.5) is 0 Å². The molecule has 2 saturated heterocycles. The molecule has 2 fully saturated rings. The van der Waals surface area contributed by atoms with Crippen LogP contribution in [0.1, 0.15) is 48.2 Å². The summed E-state index contributed by atoms with van der Waals surface area (Å²) < 4.78 is 13.1. The Morgan fingerprint density at radius 1 is 1.22 bits per heavy atom. The molecule has 1 amide bonds. The van der Waals surface area contributed by atoms with Gasteiger partial charge in [0.25, 0.3) is 5.91 Å². The fourth-order valence-electron chi connectivity index (χ4n) is 3.05. The van der Waals surface area contributed by atoms with Gasteiger partial charge >= 0.3 is 0 Å².